The fourth-order valence-corrected chi connectivity index (χ4v) is 3.05. The Hall–Kier alpha value is 0.310. The van der Waals surface area contributed by atoms with Crippen molar-refractivity contribution >= 4 is 11.8 Å². The first kappa shape index (κ1) is 12.4. The summed E-state index contributed by atoms with van der Waals surface area (Å²) in [5.41, 5.74) is 6.19. The third kappa shape index (κ3) is 4.70. The van der Waals surface area contributed by atoms with Crippen LogP contribution >= 0.6 is 11.8 Å². The Morgan fingerprint density at radius 1 is 1.29 bits per heavy atom. The SMILES string of the molecule is CCSCCCCC(N)C1CCCC1. The predicted octanol–water partition coefficient (Wildman–Crippen LogP) is 3.43. The standard InChI is InChI=1S/C12H25NS/c1-2-14-10-6-5-9-12(13)11-7-3-4-8-11/h11-12H,2-10,13H2,1H3. The average Bonchev–Trinajstić information content (AvgIpc) is 2.70. The monoisotopic (exact) mass is 215 g/mol. The molecule has 1 fully saturated rings. The smallest absolute Gasteiger partial charge is 0.00671 e. The molecule has 1 atom stereocenters. The number of thioether (sulfide) groups is 1. The summed E-state index contributed by atoms with van der Waals surface area (Å²) in [7, 11) is 0. The van der Waals surface area contributed by atoms with Crippen molar-refractivity contribution < 1.29 is 0 Å². The summed E-state index contributed by atoms with van der Waals surface area (Å²) in [5, 5.41) is 0. The van der Waals surface area contributed by atoms with Gasteiger partial charge in [-0.3, -0.25) is 0 Å². The van der Waals surface area contributed by atoms with Crippen molar-refractivity contribution in [2.45, 2.75) is 57.9 Å². The van der Waals surface area contributed by atoms with Crippen LogP contribution in [0.4, 0.5) is 0 Å². The highest BCUT2D eigenvalue weighted by Gasteiger charge is 2.21. The van der Waals surface area contributed by atoms with Gasteiger partial charge in [-0.15, -0.1) is 0 Å². The Bertz CT molecular complexity index is 132. The summed E-state index contributed by atoms with van der Waals surface area (Å²) in [6.45, 7) is 2.23. The lowest BCUT2D eigenvalue weighted by molar-refractivity contribution is 0.401. The molecular formula is C12H25NS. The van der Waals surface area contributed by atoms with Gasteiger partial charge in [0.1, 0.15) is 0 Å². The summed E-state index contributed by atoms with van der Waals surface area (Å²) in [4.78, 5) is 0. The Balaban J connectivity index is 1.94. The molecule has 0 amide bonds. The molecule has 1 unspecified atom stereocenters. The van der Waals surface area contributed by atoms with Gasteiger partial charge >= 0.3 is 0 Å². The molecule has 84 valence electrons. The zero-order valence-corrected chi connectivity index (χ0v) is 10.3. The molecule has 0 aromatic rings. The maximum atomic E-state index is 6.19. The zero-order chi connectivity index (χ0) is 10.2. The number of hydrogen-bond donors (Lipinski definition) is 1. The van der Waals surface area contributed by atoms with E-state index in [9.17, 15) is 0 Å². The van der Waals surface area contributed by atoms with Gasteiger partial charge in [-0.2, -0.15) is 11.8 Å². The highest BCUT2D eigenvalue weighted by atomic mass is 32.2. The van der Waals surface area contributed by atoms with Crippen LogP contribution in [0, 0.1) is 5.92 Å². The van der Waals surface area contributed by atoms with Crippen molar-refractivity contribution in [3.8, 4) is 0 Å². The van der Waals surface area contributed by atoms with E-state index in [0.717, 1.165) is 5.92 Å². The van der Waals surface area contributed by atoms with Crippen molar-refractivity contribution in [1.29, 1.82) is 0 Å². The highest BCUT2D eigenvalue weighted by Crippen LogP contribution is 2.28. The van der Waals surface area contributed by atoms with E-state index in [2.05, 4.69) is 18.7 Å². The van der Waals surface area contributed by atoms with E-state index in [1.54, 1.807) is 0 Å². The maximum absolute atomic E-state index is 6.19. The summed E-state index contributed by atoms with van der Waals surface area (Å²) in [6, 6.07) is 0.504. The van der Waals surface area contributed by atoms with Crippen LogP contribution in [0.3, 0.4) is 0 Å². The summed E-state index contributed by atoms with van der Waals surface area (Å²) in [5.74, 6) is 3.44. The normalized spacial score (nSPS) is 20.1. The van der Waals surface area contributed by atoms with Crippen molar-refractivity contribution in [3.05, 3.63) is 0 Å². The molecule has 1 aliphatic rings. The van der Waals surface area contributed by atoms with Crippen LogP contribution in [0.2, 0.25) is 0 Å². The van der Waals surface area contributed by atoms with E-state index in [1.807, 2.05) is 0 Å². The van der Waals surface area contributed by atoms with Crippen LogP contribution in [0.5, 0.6) is 0 Å². The van der Waals surface area contributed by atoms with E-state index in [0.29, 0.717) is 6.04 Å². The Morgan fingerprint density at radius 3 is 2.64 bits per heavy atom. The molecule has 0 bridgehead atoms. The van der Waals surface area contributed by atoms with E-state index in [4.69, 9.17) is 5.73 Å². The fraction of sp³-hybridized carbons (Fsp3) is 1.00. The molecule has 0 aromatic carbocycles. The summed E-state index contributed by atoms with van der Waals surface area (Å²) in [6.07, 6.45) is 9.59. The molecule has 1 aliphatic carbocycles. The van der Waals surface area contributed by atoms with Crippen LogP contribution in [0.25, 0.3) is 0 Å². The lowest BCUT2D eigenvalue weighted by Gasteiger charge is -2.18. The minimum absolute atomic E-state index is 0.504. The maximum Gasteiger partial charge on any atom is 0.00671 e. The molecule has 0 saturated heterocycles. The lowest BCUT2D eigenvalue weighted by atomic mass is 9.95. The van der Waals surface area contributed by atoms with Gasteiger partial charge in [0.05, 0.1) is 0 Å². The second-order valence-electron chi connectivity index (χ2n) is 4.40. The topological polar surface area (TPSA) is 26.0 Å². The minimum atomic E-state index is 0.504. The van der Waals surface area contributed by atoms with E-state index >= 15 is 0 Å². The molecule has 2 N–H and O–H groups in total. The second-order valence-corrected chi connectivity index (χ2v) is 5.79. The summed E-state index contributed by atoms with van der Waals surface area (Å²) >= 11 is 2.05. The van der Waals surface area contributed by atoms with Gasteiger partial charge in [0.15, 0.2) is 0 Å². The van der Waals surface area contributed by atoms with Gasteiger partial charge < -0.3 is 5.73 Å². The van der Waals surface area contributed by atoms with Gasteiger partial charge in [0, 0.05) is 6.04 Å². The molecule has 0 radical (unpaired) electrons. The second kappa shape index (κ2) is 7.58. The number of nitrogens with two attached hydrogens (primary N) is 1. The number of rotatable bonds is 7. The van der Waals surface area contributed by atoms with Crippen LogP contribution < -0.4 is 5.73 Å². The largest absolute Gasteiger partial charge is 0.327 e. The summed E-state index contributed by atoms with van der Waals surface area (Å²) < 4.78 is 0. The van der Waals surface area contributed by atoms with E-state index < -0.39 is 0 Å². The van der Waals surface area contributed by atoms with Crippen molar-refractivity contribution in [1.82, 2.24) is 0 Å². The molecule has 0 aromatic heterocycles. The number of unbranched alkanes of at least 4 members (excludes halogenated alkanes) is 1. The van der Waals surface area contributed by atoms with E-state index in [-0.39, 0.29) is 0 Å². The van der Waals surface area contributed by atoms with Gasteiger partial charge in [0.25, 0.3) is 0 Å². The van der Waals surface area contributed by atoms with Gasteiger partial charge in [0.2, 0.25) is 0 Å². The van der Waals surface area contributed by atoms with Crippen molar-refractivity contribution in [3.63, 3.8) is 0 Å². The Labute approximate surface area is 93.2 Å². The molecule has 0 spiro atoms. The van der Waals surface area contributed by atoms with Gasteiger partial charge in [-0.25, -0.2) is 0 Å². The van der Waals surface area contributed by atoms with Crippen LogP contribution in [-0.2, 0) is 0 Å². The first-order chi connectivity index (χ1) is 6.84. The van der Waals surface area contributed by atoms with Crippen molar-refractivity contribution in [2.24, 2.45) is 11.7 Å². The van der Waals surface area contributed by atoms with Crippen molar-refractivity contribution in [2.75, 3.05) is 11.5 Å². The lowest BCUT2D eigenvalue weighted by Crippen LogP contribution is -2.28. The van der Waals surface area contributed by atoms with Crippen LogP contribution in [0.1, 0.15) is 51.9 Å². The fourth-order valence-electron chi connectivity index (χ4n) is 2.35. The molecule has 1 saturated carbocycles. The molecule has 1 rings (SSSR count). The molecule has 0 heterocycles. The van der Waals surface area contributed by atoms with Crippen LogP contribution in [0.15, 0.2) is 0 Å². The molecule has 1 nitrogen and oxygen atoms in total. The number of hydrogen-bond acceptors (Lipinski definition) is 2. The first-order valence-corrected chi connectivity index (χ1v) is 7.33. The molecular weight excluding hydrogens is 190 g/mol. The zero-order valence-electron chi connectivity index (χ0n) is 9.50. The average molecular weight is 215 g/mol. The minimum Gasteiger partial charge on any atom is -0.327 e. The first-order valence-electron chi connectivity index (χ1n) is 6.18. The van der Waals surface area contributed by atoms with Gasteiger partial charge in [-0.05, 0) is 43.1 Å². The third-order valence-electron chi connectivity index (χ3n) is 3.29. The predicted molar refractivity (Wildman–Crippen MR) is 66.8 cm³/mol. The van der Waals surface area contributed by atoms with Gasteiger partial charge in [-0.1, -0.05) is 26.2 Å². The molecule has 14 heavy (non-hydrogen) atoms. The third-order valence-corrected chi connectivity index (χ3v) is 4.27. The Kier molecular flexibility index (Phi) is 6.70. The quantitative estimate of drug-likeness (QED) is 0.659. The Morgan fingerprint density at radius 2 is 2.00 bits per heavy atom. The molecule has 2 heteroatoms. The highest BCUT2D eigenvalue weighted by molar-refractivity contribution is 7.99. The van der Waals surface area contributed by atoms with E-state index in [1.165, 1.54) is 56.5 Å². The van der Waals surface area contributed by atoms with Crippen LogP contribution in [-0.4, -0.2) is 17.5 Å². The molecule has 0 aliphatic heterocycles.